The molecule has 2 aliphatic rings. The van der Waals surface area contributed by atoms with Gasteiger partial charge in [0.05, 0.1) is 18.3 Å². The number of carbonyl (C=O) groups excluding carboxylic acids is 1. The number of aromatic amines is 1. The first kappa shape index (κ1) is 23.5. The molecule has 184 valence electrons. The molecule has 0 saturated carbocycles. The lowest BCUT2D eigenvalue weighted by atomic mass is 9.97. The van der Waals surface area contributed by atoms with E-state index < -0.39 is 12.0 Å². The smallest absolute Gasteiger partial charge is 0.325 e. The standard InChI is InChI=1S/C27H32N4O4/c32-23(28-17-20-9-6-16-35-20)18-30-12-14-31(15-13-30)26(27(33)34)24-21-10-4-5-11-22(21)29-25(24)19-7-2-1-3-8-19/h1-5,7-8,10-11,20,26,29H,6,9,12-18H2,(H,28,32)(H,33,34). The minimum absolute atomic E-state index is 0.00766. The van der Waals surface area contributed by atoms with Crippen molar-refractivity contribution in [3.05, 3.63) is 60.2 Å². The molecule has 0 aliphatic carbocycles. The summed E-state index contributed by atoms with van der Waals surface area (Å²) in [6.45, 7) is 4.08. The van der Waals surface area contributed by atoms with Crippen LogP contribution in [0.3, 0.4) is 0 Å². The first-order valence-corrected chi connectivity index (χ1v) is 12.3. The first-order valence-electron chi connectivity index (χ1n) is 12.3. The minimum atomic E-state index is -0.866. The van der Waals surface area contributed by atoms with Crippen LogP contribution in [-0.2, 0) is 14.3 Å². The van der Waals surface area contributed by atoms with Gasteiger partial charge in [-0.2, -0.15) is 0 Å². The molecule has 8 heteroatoms. The van der Waals surface area contributed by atoms with Crippen LogP contribution in [0.4, 0.5) is 0 Å². The number of H-pyrrole nitrogens is 1. The highest BCUT2D eigenvalue weighted by atomic mass is 16.5. The van der Waals surface area contributed by atoms with E-state index in [9.17, 15) is 14.7 Å². The summed E-state index contributed by atoms with van der Waals surface area (Å²) in [6, 6.07) is 17.0. The molecule has 2 aliphatic heterocycles. The summed E-state index contributed by atoms with van der Waals surface area (Å²) in [6.07, 6.45) is 2.17. The molecule has 1 aromatic heterocycles. The molecule has 3 N–H and O–H groups in total. The lowest BCUT2D eigenvalue weighted by molar-refractivity contribution is -0.144. The van der Waals surface area contributed by atoms with Gasteiger partial charge in [-0.25, -0.2) is 0 Å². The van der Waals surface area contributed by atoms with Crippen molar-refractivity contribution in [1.82, 2.24) is 20.1 Å². The van der Waals surface area contributed by atoms with Crippen molar-refractivity contribution in [1.29, 1.82) is 0 Å². The molecule has 2 unspecified atom stereocenters. The fourth-order valence-corrected chi connectivity index (χ4v) is 5.21. The number of rotatable bonds is 8. The normalized spacial score (nSPS) is 20.2. The maximum Gasteiger partial charge on any atom is 0.325 e. The van der Waals surface area contributed by atoms with Crippen LogP contribution >= 0.6 is 0 Å². The predicted molar refractivity (Wildman–Crippen MR) is 134 cm³/mol. The number of ether oxygens (including phenoxy) is 1. The molecule has 8 nitrogen and oxygen atoms in total. The summed E-state index contributed by atoms with van der Waals surface area (Å²) < 4.78 is 5.57. The Morgan fingerprint density at radius 2 is 1.80 bits per heavy atom. The van der Waals surface area contributed by atoms with Gasteiger partial charge in [0.2, 0.25) is 5.91 Å². The van der Waals surface area contributed by atoms with E-state index in [2.05, 4.69) is 15.2 Å². The van der Waals surface area contributed by atoms with Gasteiger partial charge in [0.1, 0.15) is 6.04 Å². The number of benzene rings is 2. The van der Waals surface area contributed by atoms with Gasteiger partial charge in [-0.15, -0.1) is 0 Å². The number of piperazine rings is 1. The number of nitrogens with zero attached hydrogens (tertiary/aromatic N) is 2. The molecular formula is C27H32N4O4. The van der Waals surface area contributed by atoms with E-state index >= 15 is 0 Å². The van der Waals surface area contributed by atoms with Crippen LogP contribution in [0, 0.1) is 0 Å². The number of carbonyl (C=O) groups is 2. The third-order valence-electron chi connectivity index (χ3n) is 7.01. The van der Waals surface area contributed by atoms with Crippen LogP contribution in [0.15, 0.2) is 54.6 Å². The van der Waals surface area contributed by atoms with E-state index in [-0.39, 0.29) is 12.0 Å². The second-order valence-electron chi connectivity index (χ2n) is 9.32. The van der Waals surface area contributed by atoms with Crippen molar-refractivity contribution < 1.29 is 19.4 Å². The van der Waals surface area contributed by atoms with Crippen molar-refractivity contribution in [3.8, 4) is 11.3 Å². The van der Waals surface area contributed by atoms with E-state index in [4.69, 9.17) is 4.74 Å². The molecule has 5 rings (SSSR count). The summed E-state index contributed by atoms with van der Waals surface area (Å²) in [5.74, 6) is -0.874. The summed E-state index contributed by atoms with van der Waals surface area (Å²) in [5.41, 5.74) is 3.53. The lowest BCUT2D eigenvalue weighted by Crippen LogP contribution is -2.51. The molecule has 3 aromatic rings. The van der Waals surface area contributed by atoms with E-state index in [1.807, 2.05) is 59.5 Å². The Bertz CT molecular complexity index is 1160. The van der Waals surface area contributed by atoms with Gasteiger partial charge < -0.3 is 20.1 Å². The molecule has 1 amide bonds. The van der Waals surface area contributed by atoms with Crippen LogP contribution in [0.1, 0.15) is 24.4 Å². The van der Waals surface area contributed by atoms with Crippen LogP contribution in [0.2, 0.25) is 0 Å². The van der Waals surface area contributed by atoms with E-state index in [0.717, 1.165) is 47.2 Å². The van der Waals surface area contributed by atoms with Gasteiger partial charge in [0.25, 0.3) is 0 Å². The minimum Gasteiger partial charge on any atom is -0.480 e. The number of hydrogen-bond donors (Lipinski definition) is 3. The number of nitrogens with one attached hydrogen (secondary N) is 2. The third kappa shape index (κ3) is 5.24. The molecule has 2 aromatic carbocycles. The third-order valence-corrected chi connectivity index (χ3v) is 7.01. The van der Waals surface area contributed by atoms with Crippen LogP contribution < -0.4 is 5.32 Å². The molecule has 2 saturated heterocycles. The van der Waals surface area contributed by atoms with E-state index in [1.165, 1.54) is 0 Å². The molecule has 35 heavy (non-hydrogen) atoms. The highest BCUT2D eigenvalue weighted by Gasteiger charge is 2.34. The summed E-state index contributed by atoms with van der Waals surface area (Å²) >= 11 is 0. The summed E-state index contributed by atoms with van der Waals surface area (Å²) in [4.78, 5) is 32.6. The zero-order valence-electron chi connectivity index (χ0n) is 19.8. The zero-order chi connectivity index (χ0) is 24.2. The molecule has 0 radical (unpaired) electrons. The van der Waals surface area contributed by atoms with Crippen molar-refractivity contribution in [2.45, 2.75) is 25.0 Å². The number of para-hydroxylation sites is 1. The fourth-order valence-electron chi connectivity index (χ4n) is 5.21. The Hall–Kier alpha value is -3.20. The summed E-state index contributed by atoms with van der Waals surface area (Å²) in [7, 11) is 0. The quantitative estimate of drug-likeness (QED) is 0.463. The molecule has 3 heterocycles. The number of hydrogen-bond acceptors (Lipinski definition) is 5. The number of amides is 1. The van der Waals surface area contributed by atoms with Gasteiger partial charge in [0.15, 0.2) is 0 Å². The molecule has 0 bridgehead atoms. The molecule has 2 atom stereocenters. The number of carboxylic acids is 1. The Kier molecular flexibility index (Phi) is 7.13. The fraction of sp³-hybridized carbons (Fsp3) is 0.407. The Morgan fingerprint density at radius 3 is 2.51 bits per heavy atom. The number of aliphatic carboxylic acids is 1. The second kappa shape index (κ2) is 10.6. The van der Waals surface area contributed by atoms with E-state index in [1.54, 1.807) is 0 Å². The van der Waals surface area contributed by atoms with Gasteiger partial charge in [-0.3, -0.25) is 19.4 Å². The molecule has 2 fully saturated rings. The molecular weight excluding hydrogens is 444 g/mol. The number of fused-ring (bicyclic) bond motifs is 1. The Balaban J connectivity index is 1.31. The highest BCUT2D eigenvalue weighted by Crippen LogP contribution is 2.37. The van der Waals surface area contributed by atoms with Crippen molar-refractivity contribution in [2.24, 2.45) is 0 Å². The van der Waals surface area contributed by atoms with Crippen molar-refractivity contribution in [2.75, 3.05) is 45.9 Å². The topological polar surface area (TPSA) is 97.9 Å². The average molecular weight is 477 g/mol. The maximum atomic E-state index is 12.6. The SMILES string of the molecule is O=C(CN1CCN(C(C(=O)O)c2c(-c3ccccc3)[nH]c3ccccc23)CC1)NCC1CCCO1. The van der Waals surface area contributed by atoms with Crippen LogP contribution in [-0.4, -0.2) is 83.7 Å². The predicted octanol–water partition coefficient (Wildman–Crippen LogP) is 2.87. The van der Waals surface area contributed by atoms with Gasteiger partial charge in [-0.1, -0.05) is 48.5 Å². The Labute approximate surface area is 204 Å². The lowest BCUT2D eigenvalue weighted by Gasteiger charge is -2.37. The van der Waals surface area contributed by atoms with Gasteiger partial charge in [-0.05, 0) is 24.5 Å². The monoisotopic (exact) mass is 476 g/mol. The number of carboxylic acid groups (broad SMARTS) is 1. The summed E-state index contributed by atoms with van der Waals surface area (Å²) in [5, 5.41) is 14.3. The van der Waals surface area contributed by atoms with Gasteiger partial charge >= 0.3 is 5.97 Å². The zero-order valence-corrected chi connectivity index (χ0v) is 19.8. The first-order chi connectivity index (χ1) is 17.1. The van der Waals surface area contributed by atoms with Crippen molar-refractivity contribution >= 4 is 22.8 Å². The second-order valence-corrected chi connectivity index (χ2v) is 9.32. The van der Waals surface area contributed by atoms with Crippen LogP contribution in [0.25, 0.3) is 22.2 Å². The maximum absolute atomic E-state index is 12.6. The molecule has 0 spiro atoms. The van der Waals surface area contributed by atoms with E-state index in [0.29, 0.717) is 39.3 Å². The van der Waals surface area contributed by atoms with Crippen molar-refractivity contribution in [3.63, 3.8) is 0 Å². The average Bonchev–Trinajstić information content (AvgIpc) is 3.53. The Morgan fingerprint density at radius 1 is 1.06 bits per heavy atom. The largest absolute Gasteiger partial charge is 0.480 e. The van der Waals surface area contributed by atoms with Gasteiger partial charge in [0, 0.05) is 55.8 Å². The van der Waals surface area contributed by atoms with Crippen LogP contribution in [0.5, 0.6) is 0 Å². The number of aromatic nitrogens is 1. The highest BCUT2D eigenvalue weighted by molar-refractivity contribution is 5.95.